The minimum absolute atomic E-state index is 0.122. The van der Waals surface area contributed by atoms with Gasteiger partial charge in [0.1, 0.15) is 5.76 Å². The van der Waals surface area contributed by atoms with Crippen molar-refractivity contribution in [2.45, 2.75) is 39.3 Å². The molecule has 7 nitrogen and oxygen atoms in total. The number of aliphatic imine (C=N–C) groups is 1. The molecule has 31 heavy (non-hydrogen) atoms. The molecule has 2 heterocycles. The first kappa shape index (κ1) is 22.9. The van der Waals surface area contributed by atoms with Crippen LogP contribution in [0.2, 0.25) is 0 Å². The predicted molar refractivity (Wildman–Crippen MR) is 122 cm³/mol. The summed E-state index contributed by atoms with van der Waals surface area (Å²) in [5, 5.41) is 6.26. The molecule has 1 amide bonds. The van der Waals surface area contributed by atoms with Gasteiger partial charge in [0.15, 0.2) is 5.96 Å². The lowest BCUT2D eigenvalue weighted by molar-refractivity contribution is 0.0625. The van der Waals surface area contributed by atoms with Crippen LogP contribution in [0.1, 0.15) is 47.9 Å². The molecule has 7 heteroatoms. The van der Waals surface area contributed by atoms with Crippen molar-refractivity contribution < 1.29 is 13.9 Å². The summed E-state index contributed by atoms with van der Waals surface area (Å²) in [4.78, 5) is 19.4. The molecule has 1 fully saturated rings. The van der Waals surface area contributed by atoms with Gasteiger partial charge in [-0.05, 0) is 61.9 Å². The van der Waals surface area contributed by atoms with Crippen LogP contribution < -0.4 is 10.6 Å². The van der Waals surface area contributed by atoms with Crippen LogP contribution in [0.5, 0.6) is 0 Å². The van der Waals surface area contributed by atoms with Gasteiger partial charge in [-0.25, -0.2) is 4.99 Å². The Labute approximate surface area is 184 Å². The predicted octanol–water partition coefficient (Wildman–Crippen LogP) is 3.42. The Morgan fingerprint density at radius 3 is 2.77 bits per heavy atom. The van der Waals surface area contributed by atoms with E-state index in [1.54, 1.807) is 6.26 Å². The highest BCUT2D eigenvalue weighted by Gasteiger charge is 2.15. The van der Waals surface area contributed by atoms with E-state index in [0.717, 1.165) is 68.8 Å². The molecule has 1 aromatic carbocycles. The lowest BCUT2D eigenvalue weighted by Gasteiger charge is -2.26. The van der Waals surface area contributed by atoms with E-state index in [1.807, 2.05) is 36.4 Å². The number of nitrogens with one attached hydrogen (secondary N) is 2. The average molecular weight is 427 g/mol. The van der Waals surface area contributed by atoms with Crippen LogP contribution in [0.3, 0.4) is 0 Å². The van der Waals surface area contributed by atoms with Crippen molar-refractivity contribution in [1.29, 1.82) is 0 Å². The number of rotatable bonds is 9. The summed E-state index contributed by atoms with van der Waals surface area (Å²) in [5.74, 6) is 2.23. The Balaban J connectivity index is 1.55. The Morgan fingerprint density at radius 1 is 1.19 bits per heavy atom. The number of benzene rings is 1. The first-order valence-electron chi connectivity index (χ1n) is 11.1. The summed E-state index contributed by atoms with van der Waals surface area (Å²) in [5.41, 5.74) is 1.62. The van der Waals surface area contributed by atoms with Gasteiger partial charge in [0.05, 0.1) is 19.4 Å². The summed E-state index contributed by atoms with van der Waals surface area (Å²) in [6, 6.07) is 11.3. The normalized spacial score (nSPS) is 15.0. The van der Waals surface area contributed by atoms with Crippen molar-refractivity contribution in [3.63, 3.8) is 0 Å². The van der Waals surface area contributed by atoms with Gasteiger partial charge in [-0.2, -0.15) is 0 Å². The molecule has 0 saturated carbocycles. The van der Waals surface area contributed by atoms with Gasteiger partial charge in [-0.3, -0.25) is 4.79 Å². The molecule has 0 aliphatic carbocycles. The molecule has 1 aromatic heterocycles. The van der Waals surface area contributed by atoms with Gasteiger partial charge >= 0.3 is 0 Å². The smallest absolute Gasteiger partial charge is 0.251 e. The second-order valence-corrected chi connectivity index (χ2v) is 7.90. The van der Waals surface area contributed by atoms with E-state index in [0.29, 0.717) is 18.7 Å². The maximum absolute atomic E-state index is 12.5. The van der Waals surface area contributed by atoms with Gasteiger partial charge < -0.3 is 24.7 Å². The fourth-order valence-corrected chi connectivity index (χ4v) is 3.65. The molecule has 0 radical (unpaired) electrons. The first-order chi connectivity index (χ1) is 15.2. The highest BCUT2D eigenvalue weighted by molar-refractivity contribution is 5.94. The number of carbonyl (C=O) groups excluding carboxylic acids is 1. The Hall–Kier alpha value is -2.80. The highest BCUT2D eigenvalue weighted by Crippen LogP contribution is 2.18. The molecule has 1 aliphatic heterocycles. The fraction of sp³-hybridized carbons (Fsp3) is 0.500. The number of hydrogen-bond donors (Lipinski definition) is 2. The van der Waals surface area contributed by atoms with Crippen LogP contribution in [-0.2, 0) is 17.8 Å². The molecule has 1 saturated heterocycles. The summed E-state index contributed by atoms with van der Waals surface area (Å²) >= 11 is 0. The third-order valence-electron chi connectivity index (χ3n) is 5.51. The first-order valence-corrected chi connectivity index (χ1v) is 11.1. The third-order valence-corrected chi connectivity index (χ3v) is 5.51. The highest BCUT2D eigenvalue weighted by atomic mass is 16.5. The van der Waals surface area contributed by atoms with Crippen LogP contribution in [0.25, 0.3) is 0 Å². The quantitative estimate of drug-likeness (QED) is 0.474. The maximum atomic E-state index is 12.5. The molecule has 0 spiro atoms. The van der Waals surface area contributed by atoms with Crippen LogP contribution >= 0.6 is 0 Å². The van der Waals surface area contributed by atoms with E-state index in [1.165, 1.54) is 0 Å². The zero-order chi connectivity index (χ0) is 21.9. The largest absolute Gasteiger partial charge is 0.467 e. The lowest BCUT2D eigenvalue weighted by atomic mass is 9.96. The summed E-state index contributed by atoms with van der Waals surface area (Å²) in [6.45, 7) is 6.51. The monoisotopic (exact) mass is 426 g/mol. The second kappa shape index (κ2) is 12.2. The minimum Gasteiger partial charge on any atom is -0.467 e. The third kappa shape index (κ3) is 7.43. The molecule has 0 bridgehead atoms. The maximum Gasteiger partial charge on any atom is 0.251 e. The SMILES string of the molecule is CCNC(=NCc1cccc(C(=O)NCc2ccco2)c1)N(C)CCC1CCOCC1. The number of hydrogen-bond acceptors (Lipinski definition) is 4. The number of amides is 1. The van der Waals surface area contributed by atoms with Crippen LogP contribution in [0.15, 0.2) is 52.1 Å². The molecule has 3 rings (SSSR count). The van der Waals surface area contributed by atoms with Gasteiger partial charge in [0.2, 0.25) is 0 Å². The summed E-state index contributed by atoms with van der Waals surface area (Å²) in [6.07, 6.45) is 5.05. The number of carbonyl (C=O) groups is 1. The van der Waals surface area contributed by atoms with Crippen LogP contribution in [0.4, 0.5) is 0 Å². The number of ether oxygens (including phenoxy) is 1. The number of guanidine groups is 1. The van der Waals surface area contributed by atoms with E-state index < -0.39 is 0 Å². The molecular weight excluding hydrogens is 392 g/mol. The Kier molecular flexibility index (Phi) is 8.97. The van der Waals surface area contributed by atoms with E-state index >= 15 is 0 Å². The number of nitrogens with zero attached hydrogens (tertiary/aromatic N) is 2. The molecule has 1 aliphatic rings. The van der Waals surface area contributed by atoms with Gasteiger partial charge in [0.25, 0.3) is 5.91 Å². The topological polar surface area (TPSA) is 79.1 Å². The van der Waals surface area contributed by atoms with Crippen molar-refractivity contribution >= 4 is 11.9 Å². The molecule has 0 unspecified atom stereocenters. The van der Waals surface area contributed by atoms with E-state index in [4.69, 9.17) is 14.1 Å². The Bertz CT molecular complexity index is 829. The fourth-order valence-electron chi connectivity index (χ4n) is 3.65. The minimum atomic E-state index is -0.122. The van der Waals surface area contributed by atoms with E-state index in [-0.39, 0.29) is 5.91 Å². The van der Waals surface area contributed by atoms with Crippen molar-refractivity contribution in [2.75, 3.05) is 33.4 Å². The average Bonchev–Trinajstić information content (AvgIpc) is 3.33. The van der Waals surface area contributed by atoms with Crippen LogP contribution in [0, 0.1) is 5.92 Å². The summed E-state index contributed by atoms with van der Waals surface area (Å²) in [7, 11) is 2.08. The molecular formula is C24H34N4O3. The standard InChI is InChI=1S/C24H34N4O3/c1-3-25-24(28(2)12-9-19-10-14-30-15-11-19)27-17-20-6-4-7-21(16-20)23(29)26-18-22-8-5-13-31-22/h4-8,13,16,19H,3,9-12,14-15,17-18H2,1-2H3,(H,25,27)(H,26,29). The van der Waals surface area contributed by atoms with Crippen molar-refractivity contribution in [3.8, 4) is 0 Å². The zero-order valence-electron chi connectivity index (χ0n) is 18.6. The molecule has 0 atom stereocenters. The second-order valence-electron chi connectivity index (χ2n) is 7.90. The van der Waals surface area contributed by atoms with Crippen molar-refractivity contribution in [2.24, 2.45) is 10.9 Å². The van der Waals surface area contributed by atoms with Crippen LogP contribution in [-0.4, -0.2) is 50.1 Å². The van der Waals surface area contributed by atoms with Crippen molar-refractivity contribution in [1.82, 2.24) is 15.5 Å². The van der Waals surface area contributed by atoms with Crippen molar-refractivity contribution in [3.05, 3.63) is 59.5 Å². The zero-order valence-corrected chi connectivity index (χ0v) is 18.6. The summed E-state index contributed by atoms with van der Waals surface area (Å²) < 4.78 is 10.7. The van der Waals surface area contributed by atoms with Gasteiger partial charge in [-0.1, -0.05) is 12.1 Å². The van der Waals surface area contributed by atoms with Gasteiger partial charge in [0, 0.05) is 38.9 Å². The molecule has 168 valence electrons. The van der Waals surface area contributed by atoms with E-state index in [9.17, 15) is 4.79 Å². The van der Waals surface area contributed by atoms with Gasteiger partial charge in [-0.15, -0.1) is 0 Å². The molecule has 2 N–H and O–H groups in total. The Morgan fingerprint density at radius 2 is 2.03 bits per heavy atom. The van der Waals surface area contributed by atoms with E-state index in [2.05, 4.69) is 29.5 Å². The number of furan rings is 1. The lowest BCUT2D eigenvalue weighted by Crippen LogP contribution is -2.40. The molecule has 2 aromatic rings.